The van der Waals surface area contributed by atoms with E-state index in [9.17, 15) is 14.7 Å². The maximum Gasteiger partial charge on any atom is 0.295 e. The summed E-state index contributed by atoms with van der Waals surface area (Å²) in [5, 5.41) is 11.7. The van der Waals surface area contributed by atoms with Crippen molar-refractivity contribution in [1.82, 2.24) is 4.90 Å². The van der Waals surface area contributed by atoms with Gasteiger partial charge in [-0.05, 0) is 60.5 Å². The molecule has 190 valence electrons. The Hall–Kier alpha value is -4.17. The molecular weight excluding hydrogens is 498 g/mol. The number of nitrogens with zero attached hydrogens (tertiary/aromatic N) is 1. The summed E-state index contributed by atoms with van der Waals surface area (Å²) >= 11 is 6.22. The van der Waals surface area contributed by atoms with Crippen molar-refractivity contribution in [1.29, 1.82) is 0 Å². The minimum Gasteiger partial charge on any atom is -0.507 e. The van der Waals surface area contributed by atoms with Crippen LogP contribution in [0.5, 0.6) is 23.0 Å². The molecule has 0 spiro atoms. The van der Waals surface area contributed by atoms with E-state index >= 15 is 0 Å². The minimum atomic E-state index is -0.869. The van der Waals surface area contributed by atoms with Gasteiger partial charge in [-0.25, -0.2) is 0 Å². The lowest BCUT2D eigenvalue weighted by Crippen LogP contribution is -2.29. The van der Waals surface area contributed by atoms with Crippen LogP contribution in [0.4, 0.5) is 0 Å². The molecule has 5 rings (SSSR count). The van der Waals surface area contributed by atoms with Gasteiger partial charge >= 0.3 is 0 Å². The number of hydrogen-bond donors (Lipinski definition) is 1. The lowest BCUT2D eigenvalue weighted by Gasteiger charge is -2.26. The molecule has 2 aliphatic rings. The standard InChI is InChI=1S/C28H24ClNO7/c1-3-35-22-13-18(8-9-20(22)29)26(31)24-25(17-5-4-6-19(12-17)34-2)30(28(33)27(24)32)14-16-7-10-21-23(11-16)37-15-36-21/h4-13,25,31H,3,14-15H2,1-2H3/b26-24+. The molecule has 0 saturated carbocycles. The molecule has 0 aliphatic carbocycles. The zero-order valence-corrected chi connectivity index (χ0v) is 20.9. The van der Waals surface area contributed by atoms with E-state index in [1.165, 1.54) is 12.0 Å². The molecule has 8 nitrogen and oxygen atoms in total. The molecule has 2 heterocycles. The molecule has 37 heavy (non-hydrogen) atoms. The fraction of sp³-hybridized carbons (Fsp3) is 0.214. The summed E-state index contributed by atoms with van der Waals surface area (Å²) < 4.78 is 21.8. The van der Waals surface area contributed by atoms with Crippen molar-refractivity contribution in [2.75, 3.05) is 20.5 Å². The normalized spacial score (nSPS) is 17.8. The van der Waals surface area contributed by atoms with Crippen molar-refractivity contribution < 1.29 is 33.6 Å². The maximum absolute atomic E-state index is 13.4. The van der Waals surface area contributed by atoms with E-state index in [1.807, 2.05) is 13.0 Å². The van der Waals surface area contributed by atoms with Gasteiger partial charge in [0.2, 0.25) is 6.79 Å². The third-order valence-electron chi connectivity index (χ3n) is 6.24. The second kappa shape index (κ2) is 10.1. The summed E-state index contributed by atoms with van der Waals surface area (Å²) in [6.45, 7) is 2.41. The monoisotopic (exact) mass is 521 g/mol. The Morgan fingerprint density at radius 1 is 1.08 bits per heavy atom. The van der Waals surface area contributed by atoms with Gasteiger partial charge in [-0.1, -0.05) is 29.8 Å². The van der Waals surface area contributed by atoms with Crippen LogP contribution in [0.3, 0.4) is 0 Å². The van der Waals surface area contributed by atoms with Crippen LogP contribution < -0.4 is 18.9 Å². The van der Waals surface area contributed by atoms with Gasteiger partial charge in [0.25, 0.3) is 11.7 Å². The number of methoxy groups -OCH3 is 1. The average Bonchev–Trinajstić information content (AvgIpc) is 3.47. The summed E-state index contributed by atoms with van der Waals surface area (Å²) in [6, 6.07) is 16.2. The SMILES string of the molecule is CCOc1cc(/C(O)=C2\C(=O)C(=O)N(Cc3ccc4c(c3)OCO4)C2c2cccc(OC)c2)ccc1Cl. The maximum atomic E-state index is 13.4. The van der Waals surface area contributed by atoms with Crippen molar-refractivity contribution in [3.8, 4) is 23.0 Å². The fourth-order valence-electron chi connectivity index (χ4n) is 4.51. The number of halogens is 1. The first-order chi connectivity index (χ1) is 17.9. The average molecular weight is 522 g/mol. The number of likely N-dealkylation sites (tertiary alicyclic amines) is 1. The van der Waals surface area contributed by atoms with Gasteiger partial charge in [-0.3, -0.25) is 9.59 Å². The van der Waals surface area contributed by atoms with Crippen LogP contribution in [0, 0.1) is 0 Å². The molecule has 0 radical (unpaired) electrons. The first-order valence-electron chi connectivity index (χ1n) is 11.6. The van der Waals surface area contributed by atoms with E-state index in [0.717, 1.165) is 5.56 Å². The number of ether oxygens (including phenoxy) is 4. The van der Waals surface area contributed by atoms with E-state index in [0.29, 0.717) is 45.8 Å². The molecular formula is C28H24ClNO7. The van der Waals surface area contributed by atoms with Gasteiger partial charge < -0.3 is 29.0 Å². The summed E-state index contributed by atoms with van der Waals surface area (Å²) in [5.74, 6) is 0.249. The van der Waals surface area contributed by atoms with Crippen molar-refractivity contribution >= 4 is 29.1 Å². The van der Waals surface area contributed by atoms with Crippen LogP contribution in [0.1, 0.15) is 29.7 Å². The number of aliphatic hydroxyl groups excluding tert-OH is 1. The van der Waals surface area contributed by atoms with Crippen LogP contribution >= 0.6 is 11.6 Å². The predicted octanol–water partition coefficient (Wildman–Crippen LogP) is 5.10. The number of ketones is 1. The van der Waals surface area contributed by atoms with E-state index in [4.69, 9.17) is 30.5 Å². The van der Waals surface area contributed by atoms with Gasteiger partial charge in [0, 0.05) is 12.1 Å². The molecule has 3 aromatic rings. The Morgan fingerprint density at radius 2 is 1.89 bits per heavy atom. The molecule has 9 heteroatoms. The third-order valence-corrected chi connectivity index (χ3v) is 6.56. The van der Waals surface area contributed by atoms with Crippen LogP contribution in [0.15, 0.2) is 66.2 Å². The molecule has 0 aromatic heterocycles. The van der Waals surface area contributed by atoms with E-state index in [-0.39, 0.29) is 24.7 Å². The van der Waals surface area contributed by atoms with Gasteiger partial charge in [0.1, 0.15) is 17.3 Å². The first-order valence-corrected chi connectivity index (χ1v) is 12.0. The molecule has 1 fully saturated rings. The number of Topliss-reactive ketones (excluding diaryl/α,β-unsaturated/α-hetero) is 1. The zero-order valence-electron chi connectivity index (χ0n) is 20.2. The van der Waals surface area contributed by atoms with Crippen molar-refractivity contribution in [2.24, 2.45) is 0 Å². The number of aliphatic hydroxyl groups is 1. The first kappa shape index (κ1) is 24.5. The molecule has 3 aromatic carbocycles. The highest BCUT2D eigenvalue weighted by molar-refractivity contribution is 6.46. The Labute approximate surface area is 218 Å². The highest BCUT2D eigenvalue weighted by Crippen LogP contribution is 2.42. The fourth-order valence-corrected chi connectivity index (χ4v) is 4.68. The number of amides is 1. The summed E-state index contributed by atoms with van der Waals surface area (Å²) in [7, 11) is 1.53. The van der Waals surface area contributed by atoms with E-state index < -0.39 is 17.7 Å². The van der Waals surface area contributed by atoms with Crippen molar-refractivity contribution in [2.45, 2.75) is 19.5 Å². The van der Waals surface area contributed by atoms with Crippen molar-refractivity contribution in [3.63, 3.8) is 0 Å². The number of hydrogen-bond acceptors (Lipinski definition) is 7. The Bertz CT molecular complexity index is 1420. The Kier molecular flexibility index (Phi) is 6.67. The Morgan fingerprint density at radius 3 is 2.68 bits per heavy atom. The Balaban J connectivity index is 1.62. The van der Waals surface area contributed by atoms with Crippen LogP contribution in [-0.4, -0.2) is 42.2 Å². The molecule has 2 aliphatic heterocycles. The van der Waals surface area contributed by atoms with Gasteiger partial charge in [0.15, 0.2) is 11.5 Å². The van der Waals surface area contributed by atoms with Gasteiger partial charge in [0.05, 0.1) is 30.4 Å². The zero-order chi connectivity index (χ0) is 26.1. The molecule has 0 bridgehead atoms. The number of rotatable bonds is 7. The van der Waals surface area contributed by atoms with E-state index in [1.54, 1.807) is 54.6 Å². The lowest BCUT2D eigenvalue weighted by atomic mass is 9.95. The molecule has 1 atom stereocenters. The lowest BCUT2D eigenvalue weighted by molar-refractivity contribution is -0.140. The third kappa shape index (κ3) is 4.56. The second-order valence-electron chi connectivity index (χ2n) is 8.47. The highest BCUT2D eigenvalue weighted by atomic mass is 35.5. The number of fused-ring (bicyclic) bond motifs is 1. The minimum absolute atomic E-state index is 0.0382. The predicted molar refractivity (Wildman–Crippen MR) is 136 cm³/mol. The van der Waals surface area contributed by atoms with Crippen LogP contribution in [0.25, 0.3) is 5.76 Å². The molecule has 1 saturated heterocycles. The summed E-state index contributed by atoms with van der Waals surface area (Å²) in [4.78, 5) is 28.2. The highest BCUT2D eigenvalue weighted by Gasteiger charge is 2.46. The molecule has 1 amide bonds. The van der Waals surface area contributed by atoms with Crippen LogP contribution in [0.2, 0.25) is 5.02 Å². The number of benzene rings is 3. The largest absolute Gasteiger partial charge is 0.507 e. The summed E-state index contributed by atoms with van der Waals surface area (Å²) in [5.41, 5.74) is 1.62. The van der Waals surface area contributed by atoms with Crippen molar-refractivity contribution in [3.05, 3.63) is 87.9 Å². The quantitative estimate of drug-likeness (QED) is 0.262. The molecule has 1 N–H and O–H groups in total. The van der Waals surface area contributed by atoms with E-state index in [2.05, 4.69) is 0 Å². The smallest absolute Gasteiger partial charge is 0.295 e. The van der Waals surface area contributed by atoms with Gasteiger partial charge in [-0.2, -0.15) is 0 Å². The number of carbonyl (C=O) groups excluding carboxylic acids is 2. The summed E-state index contributed by atoms with van der Waals surface area (Å²) in [6.07, 6.45) is 0. The topological polar surface area (TPSA) is 94.5 Å². The second-order valence-corrected chi connectivity index (χ2v) is 8.88. The van der Waals surface area contributed by atoms with Gasteiger partial charge in [-0.15, -0.1) is 0 Å². The molecule has 1 unspecified atom stereocenters. The van der Waals surface area contributed by atoms with Crippen LogP contribution in [-0.2, 0) is 16.1 Å². The number of carbonyl (C=O) groups is 2.